The Balaban J connectivity index is 2.20. The van der Waals surface area contributed by atoms with Crippen molar-refractivity contribution in [1.82, 2.24) is 5.32 Å². The van der Waals surface area contributed by atoms with Crippen molar-refractivity contribution < 1.29 is 5.11 Å². The van der Waals surface area contributed by atoms with Crippen molar-refractivity contribution in [3.63, 3.8) is 0 Å². The second-order valence-corrected chi connectivity index (χ2v) is 3.42. The molecule has 1 fully saturated rings. The van der Waals surface area contributed by atoms with Gasteiger partial charge in [0.05, 0.1) is 5.60 Å². The van der Waals surface area contributed by atoms with Crippen molar-refractivity contribution in [2.75, 3.05) is 18.8 Å². The molecule has 2 nitrogen and oxygen atoms in total. The number of hydrogen-bond donors (Lipinski definition) is 3. The minimum atomic E-state index is -0.452. The summed E-state index contributed by atoms with van der Waals surface area (Å²) in [6.45, 7) is 1.45. The van der Waals surface area contributed by atoms with Crippen molar-refractivity contribution in [3.8, 4) is 0 Å². The maximum Gasteiger partial charge on any atom is 0.0993 e. The lowest BCUT2D eigenvalue weighted by molar-refractivity contribution is 0.0138. The molecule has 1 aliphatic heterocycles. The van der Waals surface area contributed by atoms with Crippen molar-refractivity contribution in [2.45, 2.75) is 5.60 Å². The Morgan fingerprint density at radius 1 is 1.75 bits per heavy atom. The molecule has 0 spiro atoms. The first-order valence-electron chi connectivity index (χ1n) is 2.46. The van der Waals surface area contributed by atoms with E-state index in [2.05, 4.69) is 17.0 Å². The molecule has 0 amide bonds. The molecule has 8 heavy (non-hydrogen) atoms. The molecular formula is C4H9NOS2. The van der Waals surface area contributed by atoms with Crippen molar-refractivity contribution in [2.24, 2.45) is 0 Å². The second kappa shape index (κ2) is 2.47. The van der Waals surface area contributed by atoms with Crippen molar-refractivity contribution >= 4 is 22.5 Å². The molecule has 0 atom stereocenters. The van der Waals surface area contributed by atoms with Gasteiger partial charge in [0, 0.05) is 18.8 Å². The molecule has 0 bridgehead atoms. The molecule has 0 unspecified atom stereocenters. The molecular weight excluding hydrogens is 142 g/mol. The van der Waals surface area contributed by atoms with E-state index in [0.29, 0.717) is 0 Å². The van der Waals surface area contributed by atoms with Gasteiger partial charge in [0.1, 0.15) is 0 Å². The van der Waals surface area contributed by atoms with Gasteiger partial charge in [-0.05, 0) is 0 Å². The summed E-state index contributed by atoms with van der Waals surface area (Å²) in [5, 5.41) is 12.3. The fourth-order valence-corrected chi connectivity index (χ4v) is 1.80. The van der Waals surface area contributed by atoms with Gasteiger partial charge in [0.15, 0.2) is 0 Å². The fourth-order valence-electron chi connectivity index (χ4n) is 0.636. The molecule has 0 aromatic heterocycles. The van der Waals surface area contributed by atoms with Gasteiger partial charge in [-0.25, -0.2) is 0 Å². The maximum absolute atomic E-state index is 9.28. The van der Waals surface area contributed by atoms with Crippen LogP contribution in [0.5, 0.6) is 0 Å². The van der Waals surface area contributed by atoms with Crippen LogP contribution in [0.3, 0.4) is 0 Å². The lowest BCUT2D eigenvalue weighted by Crippen LogP contribution is -2.60. The summed E-state index contributed by atoms with van der Waals surface area (Å²) in [6, 6.07) is 0. The third-order valence-electron chi connectivity index (χ3n) is 1.24. The highest BCUT2D eigenvalue weighted by atomic mass is 33.1. The Hall–Kier alpha value is 0.620. The van der Waals surface area contributed by atoms with Crippen molar-refractivity contribution in [3.05, 3.63) is 0 Å². The van der Waals surface area contributed by atoms with Crippen molar-refractivity contribution in [1.29, 1.82) is 0 Å². The van der Waals surface area contributed by atoms with E-state index in [1.807, 2.05) is 0 Å². The van der Waals surface area contributed by atoms with Crippen LogP contribution in [0.4, 0.5) is 0 Å². The summed E-state index contributed by atoms with van der Waals surface area (Å²) in [6.07, 6.45) is 0. The molecule has 1 aliphatic rings. The van der Waals surface area contributed by atoms with Crippen LogP contribution in [0, 0.1) is 0 Å². The van der Waals surface area contributed by atoms with Gasteiger partial charge in [-0.2, -0.15) is 0 Å². The maximum atomic E-state index is 9.28. The van der Waals surface area contributed by atoms with Gasteiger partial charge in [0.2, 0.25) is 0 Å². The average molecular weight is 151 g/mol. The molecule has 0 aromatic rings. The highest BCUT2D eigenvalue weighted by molar-refractivity contribution is 8.68. The van der Waals surface area contributed by atoms with Crippen LogP contribution in [-0.2, 0) is 0 Å². The van der Waals surface area contributed by atoms with E-state index in [1.54, 1.807) is 0 Å². The minimum absolute atomic E-state index is 0.452. The first-order valence-corrected chi connectivity index (χ1v) is 4.50. The van der Waals surface area contributed by atoms with Gasteiger partial charge >= 0.3 is 0 Å². The highest BCUT2D eigenvalue weighted by Gasteiger charge is 2.33. The van der Waals surface area contributed by atoms with E-state index in [4.69, 9.17) is 0 Å². The number of β-amino-alcohol motifs (C(OH)–C–C–N with tert-alkyl or cyclic N) is 1. The average Bonchev–Trinajstić information content (AvgIpc) is 1.64. The first kappa shape index (κ1) is 6.74. The highest BCUT2D eigenvalue weighted by Crippen LogP contribution is 2.19. The van der Waals surface area contributed by atoms with Gasteiger partial charge in [0.25, 0.3) is 0 Å². The smallest absolute Gasteiger partial charge is 0.0993 e. The Labute approximate surface area is 57.9 Å². The monoisotopic (exact) mass is 151 g/mol. The minimum Gasteiger partial charge on any atom is -0.386 e. The van der Waals surface area contributed by atoms with E-state index in [-0.39, 0.29) is 0 Å². The van der Waals surface area contributed by atoms with E-state index in [1.165, 1.54) is 10.8 Å². The zero-order valence-electron chi connectivity index (χ0n) is 4.42. The van der Waals surface area contributed by atoms with Crippen LogP contribution in [0.1, 0.15) is 0 Å². The van der Waals surface area contributed by atoms with E-state index < -0.39 is 5.60 Å². The van der Waals surface area contributed by atoms with Gasteiger partial charge in [-0.1, -0.05) is 10.8 Å². The van der Waals surface area contributed by atoms with E-state index in [0.717, 1.165) is 18.8 Å². The topological polar surface area (TPSA) is 32.3 Å². The molecule has 1 saturated heterocycles. The molecule has 0 radical (unpaired) electrons. The number of thiol groups is 1. The Bertz CT molecular complexity index is 84.1. The number of nitrogens with one attached hydrogen (secondary N) is 1. The molecule has 1 rings (SSSR count). The second-order valence-electron chi connectivity index (χ2n) is 2.10. The van der Waals surface area contributed by atoms with E-state index in [9.17, 15) is 5.11 Å². The predicted octanol–water partition coefficient (Wildman–Crippen LogP) is -0.101. The summed E-state index contributed by atoms with van der Waals surface area (Å²) in [4.78, 5) is 0. The van der Waals surface area contributed by atoms with Crippen LogP contribution in [0.25, 0.3) is 0 Å². The summed E-state index contributed by atoms with van der Waals surface area (Å²) >= 11 is 3.93. The van der Waals surface area contributed by atoms with E-state index >= 15 is 0 Å². The number of aliphatic hydroxyl groups is 1. The van der Waals surface area contributed by atoms with Crippen LogP contribution in [0.15, 0.2) is 0 Å². The van der Waals surface area contributed by atoms with Crippen LogP contribution in [0.2, 0.25) is 0 Å². The Kier molecular flexibility index (Phi) is 2.08. The van der Waals surface area contributed by atoms with Crippen LogP contribution in [-0.4, -0.2) is 29.5 Å². The number of hydrogen-bond acceptors (Lipinski definition) is 4. The Morgan fingerprint density at radius 2 is 2.38 bits per heavy atom. The van der Waals surface area contributed by atoms with Crippen LogP contribution >= 0.6 is 22.5 Å². The van der Waals surface area contributed by atoms with Gasteiger partial charge < -0.3 is 10.4 Å². The molecule has 4 heteroatoms. The third kappa shape index (κ3) is 1.31. The molecule has 2 N–H and O–H groups in total. The largest absolute Gasteiger partial charge is 0.386 e. The third-order valence-corrected chi connectivity index (χ3v) is 2.30. The molecule has 0 aromatic carbocycles. The molecule has 0 aliphatic carbocycles. The van der Waals surface area contributed by atoms with Gasteiger partial charge in [-0.3, -0.25) is 0 Å². The first-order chi connectivity index (χ1) is 3.77. The lowest BCUT2D eigenvalue weighted by Gasteiger charge is -2.36. The summed E-state index contributed by atoms with van der Waals surface area (Å²) in [7, 11) is 1.39. The fraction of sp³-hybridized carbons (Fsp3) is 1.00. The predicted molar refractivity (Wildman–Crippen MR) is 39.3 cm³/mol. The number of rotatable bonds is 2. The molecule has 1 heterocycles. The Morgan fingerprint density at radius 3 is 2.50 bits per heavy atom. The normalized spacial score (nSPS) is 24.8. The summed E-state index contributed by atoms with van der Waals surface area (Å²) in [5.41, 5.74) is -0.452. The molecule has 48 valence electrons. The zero-order chi connectivity index (χ0) is 6.04. The standard InChI is InChI=1S/C4H9NOS2/c6-4(3-8-7)1-5-2-4/h5-7H,1-3H2. The van der Waals surface area contributed by atoms with Crippen LogP contribution < -0.4 is 5.32 Å². The zero-order valence-corrected chi connectivity index (χ0v) is 6.13. The molecule has 0 saturated carbocycles. The van der Waals surface area contributed by atoms with Gasteiger partial charge in [-0.15, -0.1) is 11.7 Å². The lowest BCUT2D eigenvalue weighted by atomic mass is 10.0. The quantitative estimate of drug-likeness (QED) is 0.380. The SMILES string of the molecule is OC1(CSS)CNC1. The summed E-state index contributed by atoms with van der Waals surface area (Å²) in [5.74, 6) is 0.725. The summed E-state index contributed by atoms with van der Waals surface area (Å²) < 4.78 is 0.